The van der Waals surface area contributed by atoms with E-state index in [0.717, 1.165) is 12.1 Å². The molecule has 0 saturated heterocycles. The number of benzene rings is 1. The van der Waals surface area contributed by atoms with Gasteiger partial charge in [-0.25, -0.2) is 4.39 Å². The fraction of sp³-hybridized carbons (Fsp3) is 0.417. The van der Waals surface area contributed by atoms with Crippen molar-refractivity contribution in [2.75, 3.05) is 19.8 Å². The van der Waals surface area contributed by atoms with Crippen LogP contribution in [0.1, 0.15) is 17.3 Å². The molecular formula is C12H15FO4. The van der Waals surface area contributed by atoms with Crippen molar-refractivity contribution in [1.82, 2.24) is 0 Å². The fourth-order valence-corrected chi connectivity index (χ4v) is 1.23. The van der Waals surface area contributed by atoms with Crippen LogP contribution in [0, 0.1) is 5.82 Å². The highest BCUT2D eigenvalue weighted by molar-refractivity contribution is 5.75. The van der Waals surface area contributed by atoms with Crippen molar-refractivity contribution in [2.24, 2.45) is 0 Å². The van der Waals surface area contributed by atoms with Gasteiger partial charge in [0.2, 0.25) is 0 Å². The van der Waals surface area contributed by atoms with Gasteiger partial charge in [-0.1, -0.05) is 0 Å². The average Bonchev–Trinajstić information content (AvgIpc) is 2.33. The SMILES string of the molecule is CCOCC(O)COc1cc(F)cc(C=O)c1. The van der Waals surface area contributed by atoms with Crippen LogP contribution in [0.5, 0.6) is 5.75 Å². The van der Waals surface area contributed by atoms with Crippen molar-refractivity contribution in [3.63, 3.8) is 0 Å². The molecule has 0 bridgehead atoms. The van der Waals surface area contributed by atoms with Gasteiger partial charge in [-0.2, -0.15) is 0 Å². The lowest BCUT2D eigenvalue weighted by molar-refractivity contribution is 0.0164. The summed E-state index contributed by atoms with van der Waals surface area (Å²) in [6.45, 7) is 2.47. The molecule has 0 aromatic heterocycles. The number of carbonyl (C=O) groups is 1. The van der Waals surface area contributed by atoms with Crippen LogP contribution in [-0.4, -0.2) is 37.3 Å². The summed E-state index contributed by atoms with van der Waals surface area (Å²) < 4.78 is 23.2. The zero-order valence-corrected chi connectivity index (χ0v) is 9.56. The predicted molar refractivity (Wildman–Crippen MR) is 59.8 cm³/mol. The second-order valence-electron chi connectivity index (χ2n) is 3.46. The van der Waals surface area contributed by atoms with Gasteiger partial charge in [0.25, 0.3) is 0 Å². The smallest absolute Gasteiger partial charge is 0.150 e. The lowest BCUT2D eigenvalue weighted by Crippen LogP contribution is -2.23. The summed E-state index contributed by atoms with van der Waals surface area (Å²) >= 11 is 0. The Labute approximate surface area is 99.0 Å². The third-order valence-electron chi connectivity index (χ3n) is 1.99. The van der Waals surface area contributed by atoms with Gasteiger partial charge in [0, 0.05) is 18.2 Å². The molecule has 0 aliphatic heterocycles. The van der Waals surface area contributed by atoms with E-state index in [1.165, 1.54) is 6.07 Å². The molecule has 0 spiro atoms. The van der Waals surface area contributed by atoms with Gasteiger partial charge in [0.05, 0.1) is 6.61 Å². The summed E-state index contributed by atoms with van der Waals surface area (Å²) in [4.78, 5) is 10.5. The van der Waals surface area contributed by atoms with Crippen LogP contribution >= 0.6 is 0 Å². The second kappa shape index (κ2) is 6.98. The van der Waals surface area contributed by atoms with E-state index in [2.05, 4.69) is 0 Å². The van der Waals surface area contributed by atoms with E-state index in [4.69, 9.17) is 9.47 Å². The molecule has 0 aliphatic rings. The minimum absolute atomic E-state index is 0.0122. The molecular weight excluding hydrogens is 227 g/mol. The summed E-state index contributed by atoms with van der Waals surface area (Å²) in [5, 5.41) is 9.42. The second-order valence-corrected chi connectivity index (χ2v) is 3.46. The number of aldehydes is 1. The van der Waals surface area contributed by atoms with Gasteiger partial charge >= 0.3 is 0 Å². The zero-order chi connectivity index (χ0) is 12.7. The number of aliphatic hydroxyl groups is 1. The number of aliphatic hydroxyl groups excluding tert-OH is 1. The zero-order valence-electron chi connectivity index (χ0n) is 9.56. The first-order valence-corrected chi connectivity index (χ1v) is 5.30. The first kappa shape index (κ1) is 13.6. The van der Waals surface area contributed by atoms with E-state index in [1.807, 2.05) is 6.92 Å². The van der Waals surface area contributed by atoms with Gasteiger partial charge < -0.3 is 14.6 Å². The lowest BCUT2D eigenvalue weighted by atomic mass is 10.2. The maximum Gasteiger partial charge on any atom is 0.150 e. The number of rotatable bonds is 7. The molecule has 94 valence electrons. The third-order valence-corrected chi connectivity index (χ3v) is 1.99. The summed E-state index contributed by atoms with van der Waals surface area (Å²) in [6, 6.07) is 3.67. The number of hydrogen-bond donors (Lipinski definition) is 1. The number of carbonyl (C=O) groups excluding carboxylic acids is 1. The molecule has 0 radical (unpaired) electrons. The first-order chi connectivity index (χ1) is 8.15. The fourth-order valence-electron chi connectivity index (χ4n) is 1.23. The van der Waals surface area contributed by atoms with E-state index >= 15 is 0 Å². The highest BCUT2D eigenvalue weighted by Crippen LogP contribution is 2.15. The molecule has 1 aromatic rings. The highest BCUT2D eigenvalue weighted by atomic mass is 19.1. The Hall–Kier alpha value is -1.46. The average molecular weight is 242 g/mol. The summed E-state index contributed by atoms with van der Waals surface area (Å²) in [5.74, 6) is -0.341. The molecule has 0 fully saturated rings. The Bertz CT molecular complexity index is 368. The van der Waals surface area contributed by atoms with Gasteiger partial charge in [-0.05, 0) is 19.1 Å². The molecule has 17 heavy (non-hydrogen) atoms. The minimum Gasteiger partial charge on any atom is -0.491 e. The van der Waals surface area contributed by atoms with Crippen LogP contribution in [0.15, 0.2) is 18.2 Å². The van der Waals surface area contributed by atoms with Gasteiger partial charge in [-0.3, -0.25) is 4.79 Å². The van der Waals surface area contributed by atoms with Crippen LogP contribution in [0.3, 0.4) is 0 Å². The maximum atomic E-state index is 13.0. The van der Waals surface area contributed by atoms with Crippen molar-refractivity contribution < 1.29 is 23.8 Å². The number of halogens is 1. The normalized spacial score (nSPS) is 12.2. The standard InChI is InChI=1S/C12H15FO4/c1-2-16-7-11(15)8-17-12-4-9(6-14)3-10(13)5-12/h3-6,11,15H,2,7-8H2,1H3. The molecule has 5 heteroatoms. The number of hydrogen-bond acceptors (Lipinski definition) is 4. The Morgan fingerprint density at radius 2 is 2.18 bits per heavy atom. The minimum atomic E-state index is -0.780. The Kier molecular flexibility index (Phi) is 5.59. The molecule has 1 rings (SSSR count). The third kappa shape index (κ3) is 4.93. The first-order valence-electron chi connectivity index (χ1n) is 5.30. The summed E-state index contributed by atoms with van der Waals surface area (Å²) in [5.41, 5.74) is 0.194. The molecule has 1 aromatic carbocycles. The quantitative estimate of drug-likeness (QED) is 0.734. The van der Waals surface area contributed by atoms with Crippen molar-refractivity contribution in [2.45, 2.75) is 13.0 Å². The summed E-state index contributed by atoms with van der Waals surface area (Å²) in [6.07, 6.45) is -0.245. The number of ether oxygens (including phenoxy) is 2. The van der Waals surface area contributed by atoms with Gasteiger partial charge in [0.1, 0.15) is 30.6 Å². The topological polar surface area (TPSA) is 55.8 Å². The molecule has 0 amide bonds. The molecule has 0 heterocycles. The van der Waals surface area contributed by atoms with Crippen LogP contribution in [-0.2, 0) is 4.74 Å². The lowest BCUT2D eigenvalue weighted by Gasteiger charge is -2.12. The molecule has 0 aliphatic carbocycles. The van der Waals surface area contributed by atoms with Crippen LogP contribution in [0.25, 0.3) is 0 Å². The van der Waals surface area contributed by atoms with Gasteiger partial charge in [0.15, 0.2) is 0 Å². The monoisotopic (exact) mass is 242 g/mol. The van der Waals surface area contributed by atoms with E-state index in [-0.39, 0.29) is 24.5 Å². The van der Waals surface area contributed by atoms with E-state index in [9.17, 15) is 14.3 Å². The van der Waals surface area contributed by atoms with E-state index < -0.39 is 11.9 Å². The van der Waals surface area contributed by atoms with E-state index in [0.29, 0.717) is 12.9 Å². The molecule has 4 nitrogen and oxygen atoms in total. The van der Waals surface area contributed by atoms with Crippen molar-refractivity contribution in [3.8, 4) is 5.75 Å². The van der Waals surface area contributed by atoms with E-state index in [1.54, 1.807) is 0 Å². The molecule has 1 N–H and O–H groups in total. The van der Waals surface area contributed by atoms with Crippen LogP contribution in [0.4, 0.5) is 4.39 Å². The Morgan fingerprint density at radius 3 is 2.82 bits per heavy atom. The van der Waals surface area contributed by atoms with Crippen molar-refractivity contribution in [3.05, 3.63) is 29.6 Å². The van der Waals surface area contributed by atoms with Crippen LogP contribution < -0.4 is 4.74 Å². The molecule has 1 unspecified atom stereocenters. The Morgan fingerprint density at radius 1 is 1.41 bits per heavy atom. The molecule has 0 saturated carbocycles. The van der Waals surface area contributed by atoms with Gasteiger partial charge in [-0.15, -0.1) is 0 Å². The Balaban J connectivity index is 2.50. The summed E-state index contributed by atoms with van der Waals surface area (Å²) in [7, 11) is 0. The largest absolute Gasteiger partial charge is 0.491 e. The van der Waals surface area contributed by atoms with Crippen LogP contribution in [0.2, 0.25) is 0 Å². The van der Waals surface area contributed by atoms with Crippen molar-refractivity contribution in [1.29, 1.82) is 0 Å². The van der Waals surface area contributed by atoms with Crippen molar-refractivity contribution >= 4 is 6.29 Å². The highest BCUT2D eigenvalue weighted by Gasteiger charge is 2.06. The predicted octanol–water partition coefficient (Wildman–Crippen LogP) is 1.41. The molecule has 1 atom stereocenters. The maximum absolute atomic E-state index is 13.0.